The zero-order chi connectivity index (χ0) is 22.6. The van der Waals surface area contributed by atoms with Crippen LogP contribution < -0.4 is 4.52 Å². The Morgan fingerprint density at radius 3 is 2.16 bits per heavy atom. The fourth-order valence-corrected chi connectivity index (χ4v) is 5.25. The van der Waals surface area contributed by atoms with Crippen molar-refractivity contribution in [2.75, 3.05) is 0 Å². The first-order chi connectivity index (χ1) is 14.6. The van der Waals surface area contributed by atoms with Crippen molar-refractivity contribution < 1.29 is 13.7 Å². The largest absolute Gasteiger partial charge is 0.490 e. The van der Waals surface area contributed by atoms with Gasteiger partial charge in [-0.15, -0.1) is 0 Å². The number of benzene rings is 2. The molecular formula is C26H33O3P2+. The average molecular weight is 455 g/mol. The lowest BCUT2D eigenvalue weighted by Crippen LogP contribution is -2.17. The third-order valence-electron chi connectivity index (χ3n) is 5.29. The number of allylic oxidation sites excluding steroid dienone is 4. The van der Waals surface area contributed by atoms with Crippen LogP contribution in [0.25, 0.3) is 5.57 Å². The first kappa shape index (κ1) is 23.9. The van der Waals surface area contributed by atoms with Gasteiger partial charge in [0.1, 0.15) is 0 Å². The van der Waals surface area contributed by atoms with Gasteiger partial charge in [0.05, 0.1) is 0 Å². The van der Waals surface area contributed by atoms with E-state index in [0.717, 1.165) is 23.0 Å². The predicted molar refractivity (Wildman–Crippen MR) is 136 cm³/mol. The molecule has 0 saturated carbocycles. The maximum Gasteiger partial charge on any atom is 0.490 e. The molecule has 2 aromatic rings. The van der Waals surface area contributed by atoms with Gasteiger partial charge in [0.25, 0.3) is 0 Å². The highest BCUT2D eigenvalue weighted by molar-refractivity contribution is 7.55. The van der Waals surface area contributed by atoms with E-state index in [9.17, 15) is 4.89 Å². The molecule has 0 fully saturated rings. The molecule has 1 aliphatic carbocycles. The summed E-state index contributed by atoms with van der Waals surface area (Å²) in [4.78, 5) is 9.54. The summed E-state index contributed by atoms with van der Waals surface area (Å²) in [5.41, 5.74) is 4.80. The minimum absolute atomic E-state index is 0.0612. The van der Waals surface area contributed by atoms with E-state index in [1.807, 2.05) is 18.2 Å². The van der Waals surface area contributed by atoms with Crippen molar-refractivity contribution >= 4 is 27.9 Å². The third-order valence-corrected chi connectivity index (χ3v) is 7.44. The molecule has 1 aliphatic rings. The first-order valence-corrected chi connectivity index (χ1v) is 12.6. The van der Waals surface area contributed by atoms with Gasteiger partial charge >= 0.3 is 8.00 Å². The molecular weight excluding hydrogens is 422 g/mol. The van der Waals surface area contributed by atoms with Gasteiger partial charge in [0, 0.05) is 12.0 Å². The summed E-state index contributed by atoms with van der Waals surface area (Å²) in [5.74, 6) is 0.823. The molecule has 2 unspecified atom stereocenters. The molecule has 1 N–H and O–H groups in total. The number of rotatable bonds is 5. The maximum absolute atomic E-state index is 9.54. The van der Waals surface area contributed by atoms with Gasteiger partial charge in [0.2, 0.25) is 14.3 Å². The van der Waals surface area contributed by atoms with Crippen LogP contribution in [0.3, 0.4) is 0 Å². The van der Waals surface area contributed by atoms with E-state index in [1.54, 1.807) is 0 Å². The summed E-state index contributed by atoms with van der Waals surface area (Å²) in [6.07, 6.45) is 7.11. The summed E-state index contributed by atoms with van der Waals surface area (Å²) in [6, 6.07) is 16.8. The van der Waals surface area contributed by atoms with Crippen molar-refractivity contribution in [2.24, 2.45) is 0 Å². The average Bonchev–Trinajstić information content (AvgIpc) is 2.73. The highest BCUT2D eigenvalue weighted by atomic mass is 31.2. The summed E-state index contributed by atoms with van der Waals surface area (Å²) in [6.45, 7) is 13.2. The Morgan fingerprint density at radius 2 is 1.61 bits per heavy atom. The Morgan fingerprint density at radius 1 is 0.903 bits per heavy atom. The van der Waals surface area contributed by atoms with Gasteiger partial charge in [-0.1, -0.05) is 100 Å². The van der Waals surface area contributed by atoms with Crippen LogP contribution in [0.1, 0.15) is 64.7 Å². The van der Waals surface area contributed by atoms with Crippen LogP contribution in [0.15, 0.2) is 66.8 Å². The lowest BCUT2D eigenvalue weighted by Gasteiger charge is -2.25. The van der Waals surface area contributed by atoms with Crippen molar-refractivity contribution in [2.45, 2.75) is 58.8 Å². The molecule has 5 heteroatoms. The Hall–Kier alpha value is -1.76. The normalized spacial score (nSPS) is 16.5. The lowest BCUT2D eigenvalue weighted by molar-refractivity contribution is 0.478. The third kappa shape index (κ3) is 6.15. The molecule has 164 valence electrons. The van der Waals surface area contributed by atoms with E-state index in [0.29, 0.717) is 0 Å². The Labute approximate surface area is 189 Å². The molecule has 0 aromatic heterocycles. The molecule has 3 rings (SSSR count). The van der Waals surface area contributed by atoms with Gasteiger partial charge in [0.15, 0.2) is 5.75 Å². The van der Waals surface area contributed by atoms with E-state index in [2.05, 4.69) is 90.1 Å². The second kappa shape index (κ2) is 9.80. The number of hydrogen-bond donors (Lipinski definition) is 1. The molecule has 3 nitrogen and oxygen atoms in total. The van der Waals surface area contributed by atoms with Gasteiger partial charge in [-0.25, -0.2) is 0 Å². The Kier molecular flexibility index (Phi) is 7.55. The predicted octanol–water partition coefficient (Wildman–Crippen LogP) is 7.71. The summed E-state index contributed by atoms with van der Waals surface area (Å²) in [7, 11) is -2.02. The van der Waals surface area contributed by atoms with Crippen LogP contribution in [-0.2, 0) is 15.1 Å². The molecule has 2 atom stereocenters. The second-order valence-corrected chi connectivity index (χ2v) is 12.0. The molecule has 0 amide bonds. The molecule has 31 heavy (non-hydrogen) atoms. The minimum atomic E-state index is -1.40. The van der Waals surface area contributed by atoms with Crippen LogP contribution in [0, 0.1) is 0 Å². The summed E-state index contributed by atoms with van der Waals surface area (Å²) >= 11 is 0. The second-order valence-electron chi connectivity index (χ2n) is 9.80. The van der Waals surface area contributed by atoms with Crippen molar-refractivity contribution in [1.29, 1.82) is 0 Å². The molecule has 0 radical (unpaired) electrons. The first-order valence-electron chi connectivity index (χ1n) is 10.6. The Bertz CT molecular complexity index is 1010. The van der Waals surface area contributed by atoms with Crippen LogP contribution in [0.2, 0.25) is 0 Å². The SMILES string of the molecule is CC(C)(C)c1ccc(O[P+](OPO)=C2C=CC(c3ccccc3)=CC2)c(C(C)(C)C)c1. The zero-order valence-electron chi connectivity index (χ0n) is 19.3. The standard InChI is InChI=1S/C26H33O3P2/c1-25(2,3)21-14-17-24(23(18-21)26(4,5)6)28-31(29-30-27)22-15-12-20(13-16-22)19-10-8-7-9-11-19/h7-15,17-18,27,30H,16H2,1-6H3/q+1. The van der Waals surface area contributed by atoms with Crippen LogP contribution in [-0.4, -0.2) is 10.2 Å². The highest BCUT2D eigenvalue weighted by Crippen LogP contribution is 2.44. The van der Waals surface area contributed by atoms with Crippen LogP contribution >= 0.6 is 17.0 Å². The quantitative estimate of drug-likeness (QED) is 0.470. The van der Waals surface area contributed by atoms with E-state index in [1.165, 1.54) is 16.7 Å². The molecule has 0 saturated heterocycles. The van der Waals surface area contributed by atoms with Crippen LogP contribution in [0.5, 0.6) is 5.75 Å². The monoisotopic (exact) mass is 455 g/mol. The lowest BCUT2D eigenvalue weighted by atomic mass is 9.80. The highest BCUT2D eigenvalue weighted by Gasteiger charge is 2.30. The van der Waals surface area contributed by atoms with E-state index >= 15 is 0 Å². The van der Waals surface area contributed by atoms with E-state index in [-0.39, 0.29) is 10.8 Å². The van der Waals surface area contributed by atoms with Crippen molar-refractivity contribution in [3.8, 4) is 5.75 Å². The van der Waals surface area contributed by atoms with Gasteiger partial charge < -0.3 is 4.89 Å². The summed E-state index contributed by atoms with van der Waals surface area (Å²) in [5, 5.41) is 1.05. The van der Waals surface area contributed by atoms with Gasteiger partial charge in [-0.2, -0.15) is 0 Å². The molecule has 0 spiro atoms. The van der Waals surface area contributed by atoms with Crippen molar-refractivity contribution in [3.63, 3.8) is 0 Å². The topological polar surface area (TPSA) is 38.7 Å². The molecule has 2 aromatic carbocycles. The van der Waals surface area contributed by atoms with Crippen LogP contribution in [0.4, 0.5) is 0 Å². The van der Waals surface area contributed by atoms with Gasteiger partial charge in [-0.3, -0.25) is 4.52 Å². The van der Waals surface area contributed by atoms with Gasteiger partial charge in [-0.05, 0) is 39.7 Å². The zero-order valence-corrected chi connectivity index (χ0v) is 21.2. The fourth-order valence-electron chi connectivity index (χ4n) is 3.44. The smallest absolute Gasteiger partial charge is 0.349 e. The minimum Gasteiger partial charge on any atom is -0.349 e. The maximum atomic E-state index is 9.54. The number of hydrogen-bond acceptors (Lipinski definition) is 3. The van der Waals surface area contributed by atoms with Crippen molar-refractivity contribution in [3.05, 3.63) is 83.4 Å². The molecule has 0 heterocycles. The Balaban J connectivity index is 1.94. The fraction of sp³-hybridized carbons (Fsp3) is 0.346. The summed E-state index contributed by atoms with van der Waals surface area (Å²) < 4.78 is 12.1. The van der Waals surface area contributed by atoms with E-state index in [4.69, 9.17) is 8.83 Å². The van der Waals surface area contributed by atoms with Crippen molar-refractivity contribution in [1.82, 2.24) is 0 Å². The van der Waals surface area contributed by atoms with E-state index < -0.39 is 17.0 Å². The molecule has 0 bridgehead atoms. The molecule has 0 aliphatic heterocycles.